The van der Waals surface area contributed by atoms with Crippen molar-refractivity contribution in [2.45, 2.75) is 44.8 Å². The Morgan fingerprint density at radius 1 is 1.32 bits per heavy atom. The Labute approximate surface area is 168 Å². The summed E-state index contributed by atoms with van der Waals surface area (Å²) in [6.45, 7) is 5.35. The van der Waals surface area contributed by atoms with Gasteiger partial charge in [0.15, 0.2) is 6.54 Å². The van der Waals surface area contributed by atoms with Crippen LogP contribution in [-0.4, -0.2) is 44.7 Å². The van der Waals surface area contributed by atoms with Gasteiger partial charge in [-0.2, -0.15) is 13.2 Å². The van der Waals surface area contributed by atoms with E-state index in [1.54, 1.807) is 0 Å². The Hall–Kier alpha value is -1.54. The van der Waals surface area contributed by atoms with Gasteiger partial charge in [0.25, 0.3) is 11.7 Å². The third-order valence-corrected chi connectivity index (χ3v) is 6.14. The lowest BCUT2D eigenvalue weighted by molar-refractivity contribution is -0.892. The van der Waals surface area contributed by atoms with Gasteiger partial charge < -0.3 is 10.2 Å². The summed E-state index contributed by atoms with van der Waals surface area (Å²) in [5, 5.41) is 3.24. The molecule has 2 atom stereocenters. The number of hydrogen-bond donors (Lipinski definition) is 2. The number of quaternary nitrogens is 1. The molecule has 2 aliphatic rings. The van der Waals surface area contributed by atoms with Crippen LogP contribution in [0.1, 0.15) is 38.2 Å². The van der Waals surface area contributed by atoms with Crippen molar-refractivity contribution in [2.75, 3.05) is 37.6 Å². The van der Waals surface area contributed by atoms with Crippen LogP contribution in [0.25, 0.3) is 0 Å². The van der Waals surface area contributed by atoms with E-state index in [9.17, 15) is 18.0 Å². The molecule has 0 radical (unpaired) electrons. The van der Waals surface area contributed by atoms with Gasteiger partial charge >= 0.3 is 6.18 Å². The summed E-state index contributed by atoms with van der Waals surface area (Å²) in [5.74, 6) is 1.11. The van der Waals surface area contributed by atoms with E-state index in [1.807, 2.05) is 4.90 Å². The first-order valence-electron chi connectivity index (χ1n) is 9.90. The van der Waals surface area contributed by atoms with Gasteiger partial charge in [0.05, 0.1) is 5.56 Å². The Morgan fingerprint density at radius 2 is 2.00 bits per heavy atom. The molecule has 1 aromatic rings. The first-order chi connectivity index (χ1) is 13.2. The van der Waals surface area contributed by atoms with Gasteiger partial charge in [-0.25, -0.2) is 9.88 Å². The molecule has 1 aliphatic carbocycles. The van der Waals surface area contributed by atoms with Crippen molar-refractivity contribution in [3.63, 3.8) is 0 Å². The molecule has 1 saturated heterocycles. The average Bonchev–Trinajstić information content (AvgIpc) is 2.63. The van der Waals surface area contributed by atoms with Gasteiger partial charge in [-0.05, 0) is 24.8 Å². The molecule has 0 unspecified atom stereocenters. The highest BCUT2D eigenvalue weighted by molar-refractivity contribution is 6.32. The van der Waals surface area contributed by atoms with E-state index < -0.39 is 11.7 Å². The molecule has 5 nitrogen and oxygen atoms in total. The molecule has 9 heteroatoms. The molecule has 2 heterocycles. The molecule has 0 aromatic carbocycles. The topological polar surface area (TPSA) is 50.9 Å². The maximum absolute atomic E-state index is 12.8. The summed E-state index contributed by atoms with van der Waals surface area (Å²) in [7, 11) is 0. The van der Waals surface area contributed by atoms with E-state index in [2.05, 4.69) is 17.2 Å². The van der Waals surface area contributed by atoms with Crippen molar-refractivity contribution in [3.05, 3.63) is 22.8 Å². The second kappa shape index (κ2) is 8.86. The van der Waals surface area contributed by atoms with E-state index in [-0.39, 0.29) is 17.0 Å². The summed E-state index contributed by atoms with van der Waals surface area (Å²) in [6, 6.07) is 1.23. The number of nitrogens with zero attached hydrogens (tertiary/aromatic N) is 1. The van der Waals surface area contributed by atoms with E-state index >= 15 is 0 Å². The fraction of sp³-hybridized carbons (Fsp3) is 0.684. The second-order valence-electron chi connectivity index (χ2n) is 7.93. The SMILES string of the molecule is C[C@H]1CCCC[C@H]1NC(=O)C[NH+]1CCN(c2[nH+]cc(C(F)(F)F)cc2Cl)CC1. The van der Waals surface area contributed by atoms with Gasteiger partial charge in [0, 0.05) is 6.04 Å². The molecule has 3 rings (SSSR count). The molecule has 0 spiro atoms. The number of H-pyrrole nitrogens is 1. The third-order valence-electron chi connectivity index (χ3n) is 5.86. The van der Waals surface area contributed by atoms with Crippen LogP contribution < -0.4 is 20.1 Å². The number of anilines is 1. The molecular formula is C19H28ClF3N4O+2. The number of piperazine rings is 1. The largest absolute Gasteiger partial charge is 0.419 e. The number of nitrogens with one attached hydrogen (secondary N) is 3. The quantitative estimate of drug-likeness (QED) is 0.777. The van der Waals surface area contributed by atoms with Gasteiger partial charge in [0.2, 0.25) is 0 Å². The predicted molar refractivity (Wildman–Crippen MR) is 100 cm³/mol. The van der Waals surface area contributed by atoms with Crippen molar-refractivity contribution < 1.29 is 27.8 Å². The first-order valence-corrected chi connectivity index (χ1v) is 10.3. The fourth-order valence-corrected chi connectivity index (χ4v) is 4.40. The molecular weight excluding hydrogens is 393 g/mol. The normalized spacial score (nSPS) is 24.2. The maximum atomic E-state index is 12.8. The van der Waals surface area contributed by atoms with Crippen LogP contribution >= 0.6 is 11.6 Å². The molecule has 1 amide bonds. The number of halogens is 4. The minimum Gasteiger partial charge on any atom is -0.348 e. The number of pyridine rings is 1. The minimum absolute atomic E-state index is 0.0577. The predicted octanol–water partition coefficient (Wildman–Crippen LogP) is 1.57. The molecule has 3 N–H and O–H groups in total. The van der Waals surface area contributed by atoms with Crippen LogP contribution in [0.5, 0.6) is 0 Å². The van der Waals surface area contributed by atoms with Crippen molar-refractivity contribution in [1.29, 1.82) is 0 Å². The van der Waals surface area contributed by atoms with Gasteiger partial charge in [0.1, 0.15) is 37.4 Å². The van der Waals surface area contributed by atoms with Crippen LogP contribution in [0.3, 0.4) is 0 Å². The Morgan fingerprint density at radius 3 is 2.61 bits per heavy atom. The zero-order valence-corrected chi connectivity index (χ0v) is 16.8. The second-order valence-corrected chi connectivity index (χ2v) is 8.34. The maximum Gasteiger partial charge on any atom is 0.419 e. The molecule has 1 aliphatic heterocycles. The number of carbonyl (C=O) groups excluding carboxylic acids is 1. The monoisotopic (exact) mass is 420 g/mol. The van der Waals surface area contributed by atoms with Crippen LogP contribution in [0.2, 0.25) is 5.02 Å². The summed E-state index contributed by atoms with van der Waals surface area (Å²) in [6.07, 6.45) is 1.15. The summed E-state index contributed by atoms with van der Waals surface area (Å²) in [4.78, 5) is 18.2. The first kappa shape index (κ1) is 21.2. The van der Waals surface area contributed by atoms with Gasteiger partial charge in [-0.1, -0.05) is 31.4 Å². The summed E-state index contributed by atoms with van der Waals surface area (Å²) >= 11 is 6.07. The molecule has 156 valence electrons. The number of alkyl halides is 3. The average molecular weight is 421 g/mol. The lowest BCUT2D eigenvalue weighted by atomic mass is 9.86. The number of aromatic nitrogens is 1. The van der Waals surface area contributed by atoms with Gasteiger partial charge in [-0.15, -0.1) is 0 Å². The smallest absolute Gasteiger partial charge is 0.348 e. The Balaban J connectivity index is 1.50. The number of hydrogen-bond acceptors (Lipinski definition) is 2. The summed E-state index contributed by atoms with van der Waals surface area (Å²) in [5.41, 5.74) is -0.792. The number of rotatable bonds is 4. The van der Waals surface area contributed by atoms with E-state index in [0.29, 0.717) is 31.4 Å². The van der Waals surface area contributed by atoms with E-state index in [0.717, 1.165) is 31.8 Å². The zero-order chi connectivity index (χ0) is 20.3. The lowest BCUT2D eigenvalue weighted by Crippen LogP contribution is -3.16. The highest BCUT2D eigenvalue weighted by Gasteiger charge is 2.35. The van der Waals surface area contributed by atoms with Crippen LogP contribution in [0.4, 0.5) is 19.0 Å². The third kappa shape index (κ3) is 5.29. The molecule has 28 heavy (non-hydrogen) atoms. The summed E-state index contributed by atoms with van der Waals surface area (Å²) < 4.78 is 38.3. The van der Waals surface area contributed by atoms with Crippen molar-refractivity contribution >= 4 is 23.3 Å². The van der Waals surface area contributed by atoms with Crippen LogP contribution in [-0.2, 0) is 11.0 Å². The number of amides is 1. The van der Waals surface area contributed by atoms with Crippen molar-refractivity contribution in [3.8, 4) is 0 Å². The zero-order valence-electron chi connectivity index (χ0n) is 16.0. The molecule has 1 saturated carbocycles. The van der Waals surface area contributed by atoms with Gasteiger partial charge in [-0.3, -0.25) is 4.79 Å². The van der Waals surface area contributed by atoms with Crippen LogP contribution in [0, 0.1) is 5.92 Å². The molecule has 1 aromatic heterocycles. The number of aromatic amines is 1. The van der Waals surface area contributed by atoms with Crippen molar-refractivity contribution in [2.24, 2.45) is 5.92 Å². The van der Waals surface area contributed by atoms with E-state index in [1.165, 1.54) is 24.2 Å². The van der Waals surface area contributed by atoms with Crippen LogP contribution in [0.15, 0.2) is 12.3 Å². The molecule has 0 bridgehead atoms. The lowest BCUT2D eigenvalue weighted by Gasteiger charge is -2.31. The highest BCUT2D eigenvalue weighted by atomic mass is 35.5. The van der Waals surface area contributed by atoms with E-state index in [4.69, 9.17) is 11.6 Å². The highest BCUT2D eigenvalue weighted by Crippen LogP contribution is 2.32. The number of carbonyl (C=O) groups is 1. The Bertz CT molecular complexity index is 692. The Kier molecular flexibility index (Phi) is 6.70. The fourth-order valence-electron chi connectivity index (χ4n) is 4.11. The standard InChI is InChI=1S/C19H26ClF3N4O/c1-13-4-2-3-5-16(13)25-17(28)12-26-6-8-27(9-7-26)18-15(20)10-14(11-24-18)19(21,22)23/h10-11,13,16H,2-9,12H2,1H3,(H,25,28)/p+2/t13-,16+/m0/s1. The molecule has 2 fully saturated rings. The minimum atomic E-state index is -4.43. The van der Waals surface area contributed by atoms with Crippen molar-refractivity contribution in [1.82, 2.24) is 5.32 Å².